The number of thiol groups is 1. The number of nitrogens with zero attached hydrogens (tertiary/aromatic N) is 1. The number of amides is 1. The summed E-state index contributed by atoms with van der Waals surface area (Å²) < 4.78 is 0. The Labute approximate surface area is 79.7 Å². The third-order valence-electron chi connectivity index (χ3n) is 2.38. The second kappa shape index (κ2) is 4.17. The molecule has 0 aromatic heterocycles. The van der Waals surface area contributed by atoms with E-state index in [1.807, 2.05) is 4.90 Å². The lowest BCUT2D eigenvalue weighted by molar-refractivity contribution is -0.129. The van der Waals surface area contributed by atoms with E-state index in [2.05, 4.69) is 26.5 Å². The molecule has 0 aliphatic carbocycles. The summed E-state index contributed by atoms with van der Waals surface area (Å²) in [5.74, 6) is 0.274. The van der Waals surface area contributed by atoms with Crippen molar-refractivity contribution in [2.75, 3.05) is 6.54 Å². The summed E-state index contributed by atoms with van der Waals surface area (Å²) in [6, 6.07) is 0.402. The van der Waals surface area contributed by atoms with Crippen molar-refractivity contribution in [1.82, 2.24) is 4.90 Å². The van der Waals surface area contributed by atoms with Gasteiger partial charge in [0.15, 0.2) is 0 Å². The summed E-state index contributed by atoms with van der Waals surface area (Å²) in [5, 5.41) is 0.261. The maximum absolute atomic E-state index is 11.4. The van der Waals surface area contributed by atoms with Crippen LogP contribution in [-0.2, 0) is 4.79 Å². The van der Waals surface area contributed by atoms with Crippen molar-refractivity contribution < 1.29 is 4.79 Å². The second-order valence-corrected chi connectivity index (χ2v) is 4.27. The van der Waals surface area contributed by atoms with Gasteiger partial charge in [0, 0.05) is 24.3 Å². The van der Waals surface area contributed by atoms with Crippen LogP contribution >= 0.6 is 12.6 Å². The van der Waals surface area contributed by atoms with Crippen LogP contribution in [0.5, 0.6) is 0 Å². The number of likely N-dealkylation sites (tertiary alicyclic amines) is 1. The molecule has 1 aliphatic rings. The van der Waals surface area contributed by atoms with Crippen molar-refractivity contribution in [3.8, 4) is 0 Å². The van der Waals surface area contributed by atoms with Crippen molar-refractivity contribution in [3.05, 3.63) is 0 Å². The maximum Gasteiger partial charge on any atom is 0.224 e. The molecule has 0 bridgehead atoms. The Hall–Kier alpha value is -0.180. The number of carbonyl (C=O) groups excluding carboxylic acids is 1. The highest BCUT2D eigenvalue weighted by molar-refractivity contribution is 7.81. The SMILES string of the molecule is CCCC(C)N1CC(S)CC1=O. The second-order valence-electron chi connectivity index (χ2n) is 3.54. The Balaban J connectivity index is 2.46. The first-order valence-electron chi connectivity index (χ1n) is 4.62. The molecule has 1 aliphatic heterocycles. The average Bonchev–Trinajstić information content (AvgIpc) is 2.30. The van der Waals surface area contributed by atoms with E-state index < -0.39 is 0 Å². The molecular formula is C9H17NOS. The fraction of sp³-hybridized carbons (Fsp3) is 0.889. The lowest BCUT2D eigenvalue weighted by atomic mass is 10.2. The normalized spacial score (nSPS) is 26.4. The first kappa shape index (κ1) is 9.90. The van der Waals surface area contributed by atoms with E-state index in [9.17, 15) is 4.79 Å². The van der Waals surface area contributed by atoms with Gasteiger partial charge in [-0.3, -0.25) is 4.79 Å². The summed E-state index contributed by atoms with van der Waals surface area (Å²) in [7, 11) is 0. The minimum atomic E-state index is 0.261. The molecule has 2 nitrogen and oxygen atoms in total. The summed E-state index contributed by atoms with van der Waals surface area (Å²) in [4.78, 5) is 13.3. The summed E-state index contributed by atoms with van der Waals surface area (Å²) in [5.41, 5.74) is 0. The van der Waals surface area contributed by atoms with Crippen molar-refractivity contribution in [1.29, 1.82) is 0 Å². The number of hydrogen-bond donors (Lipinski definition) is 1. The smallest absolute Gasteiger partial charge is 0.224 e. The molecule has 1 fully saturated rings. The molecule has 3 heteroatoms. The molecule has 0 aromatic rings. The molecule has 12 heavy (non-hydrogen) atoms. The molecular weight excluding hydrogens is 170 g/mol. The monoisotopic (exact) mass is 187 g/mol. The van der Waals surface area contributed by atoms with Crippen LogP contribution in [0.25, 0.3) is 0 Å². The van der Waals surface area contributed by atoms with Gasteiger partial charge in [0.1, 0.15) is 0 Å². The van der Waals surface area contributed by atoms with Crippen molar-refractivity contribution in [2.45, 2.75) is 44.4 Å². The molecule has 0 spiro atoms. The molecule has 70 valence electrons. The molecule has 1 heterocycles. The first-order chi connectivity index (χ1) is 5.65. The Morgan fingerprint density at radius 2 is 2.42 bits per heavy atom. The third kappa shape index (κ3) is 2.16. The molecule has 2 atom stereocenters. The van der Waals surface area contributed by atoms with Crippen LogP contribution in [0.3, 0.4) is 0 Å². The Morgan fingerprint density at radius 3 is 2.83 bits per heavy atom. The topological polar surface area (TPSA) is 20.3 Å². The standard InChI is InChI=1S/C9H17NOS/c1-3-4-7(2)10-6-8(12)5-9(10)11/h7-8,12H,3-6H2,1-2H3. The van der Waals surface area contributed by atoms with Crippen LogP contribution in [0.1, 0.15) is 33.1 Å². The van der Waals surface area contributed by atoms with Crippen LogP contribution in [0.2, 0.25) is 0 Å². The molecule has 0 saturated carbocycles. The zero-order chi connectivity index (χ0) is 9.14. The molecule has 1 amide bonds. The van der Waals surface area contributed by atoms with E-state index in [1.54, 1.807) is 0 Å². The van der Waals surface area contributed by atoms with Gasteiger partial charge in [-0.1, -0.05) is 13.3 Å². The number of rotatable bonds is 3. The Bertz CT molecular complexity index is 172. The fourth-order valence-electron chi connectivity index (χ4n) is 1.71. The quantitative estimate of drug-likeness (QED) is 0.667. The van der Waals surface area contributed by atoms with Gasteiger partial charge in [0.25, 0.3) is 0 Å². The van der Waals surface area contributed by atoms with E-state index in [1.165, 1.54) is 0 Å². The highest BCUT2D eigenvalue weighted by Gasteiger charge is 2.29. The van der Waals surface area contributed by atoms with Gasteiger partial charge < -0.3 is 4.90 Å². The van der Waals surface area contributed by atoms with Crippen molar-refractivity contribution in [3.63, 3.8) is 0 Å². The van der Waals surface area contributed by atoms with Gasteiger partial charge in [-0.2, -0.15) is 12.6 Å². The predicted molar refractivity (Wildman–Crippen MR) is 53.5 cm³/mol. The van der Waals surface area contributed by atoms with Crippen LogP contribution in [0.15, 0.2) is 0 Å². The van der Waals surface area contributed by atoms with Crippen molar-refractivity contribution in [2.24, 2.45) is 0 Å². The largest absolute Gasteiger partial charge is 0.339 e. The molecule has 0 aromatic carbocycles. The zero-order valence-corrected chi connectivity index (χ0v) is 8.68. The molecule has 1 rings (SSSR count). The first-order valence-corrected chi connectivity index (χ1v) is 5.14. The maximum atomic E-state index is 11.4. The van der Waals surface area contributed by atoms with E-state index in [0.717, 1.165) is 19.4 Å². The molecule has 2 unspecified atom stereocenters. The molecule has 0 radical (unpaired) electrons. The number of carbonyl (C=O) groups is 1. The lowest BCUT2D eigenvalue weighted by Crippen LogP contribution is -2.34. The van der Waals surface area contributed by atoms with Gasteiger partial charge in [-0.05, 0) is 13.3 Å². The van der Waals surface area contributed by atoms with Crippen LogP contribution in [-0.4, -0.2) is 28.6 Å². The zero-order valence-electron chi connectivity index (χ0n) is 7.79. The minimum absolute atomic E-state index is 0.261. The van der Waals surface area contributed by atoms with E-state index in [0.29, 0.717) is 12.5 Å². The fourth-order valence-corrected chi connectivity index (χ4v) is 2.04. The van der Waals surface area contributed by atoms with Gasteiger partial charge in [-0.25, -0.2) is 0 Å². The Kier molecular flexibility index (Phi) is 3.44. The van der Waals surface area contributed by atoms with Gasteiger partial charge in [0.2, 0.25) is 5.91 Å². The highest BCUT2D eigenvalue weighted by atomic mass is 32.1. The summed E-state index contributed by atoms with van der Waals surface area (Å²) >= 11 is 4.31. The van der Waals surface area contributed by atoms with Crippen LogP contribution in [0.4, 0.5) is 0 Å². The highest BCUT2D eigenvalue weighted by Crippen LogP contribution is 2.20. The number of hydrogen-bond acceptors (Lipinski definition) is 2. The van der Waals surface area contributed by atoms with E-state index in [4.69, 9.17) is 0 Å². The van der Waals surface area contributed by atoms with Crippen LogP contribution < -0.4 is 0 Å². The Morgan fingerprint density at radius 1 is 1.75 bits per heavy atom. The summed E-state index contributed by atoms with van der Waals surface area (Å²) in [6.07, 6.45) is 2.87. The van der Waals surface area contributed by atoms with Crippen molar-refractivity contribution >= 4 is 18.5 Å². The lowest BCUT2D eigenvalue weighted by Gasteiger charge is -2.23. The van der Waals surface area contributed by atoms with E-state index >= 15 is 0 Å². The predicted octanol–water partition coefficient (Wildman–Crippen LogP) is 1.71. The van der Waals surface area contributed by atoms with Gasteiger partial charge >= 0.3 is 0 Å². The molecule has 1 saturated heterocycles. The minimum Gasteiger partial charge on any atom is -0.339 e. The molecule has 0 N–H and O–H groups in total. The summed E-state index contributed by atoms with van der Waals surface area (Å²) in [6.45, 7) is 5.10. The average molecular weight is 187 g/mol. The third-order valence-corrected chi connectivity index (χ3v) is 2.72. The van der Waals surface area contributed by atoms with Crippen LogP contribution in [0, 0.1) is 0 Å². The van der Waals surface area contributed by atoms with E-state index in [-0.39, 0.29) is 11.2 Å². The van der Waals surface area contributed by atoms with Gasteiger partial charge in [0.05, 0.1) is 0 Å². The van der Waals surface area contributed by atoms with Gasteiger partial charge in [-0.15, -0.1) is 0 Å².